The highest BCUT2D eigenvalue weighted by atomic mass is 31.2. The lowest BCUT2D eigenvalue weighted by atomic mass is 10.0. The second-order valence-electron chi connectivity index (χ2n) is 13.0. The maximum absolute atomic E-state index is 14.6. The van der Waals surface area contributed by atoms with Crippen LogP contribution in [0.3, 0.4) is 0 Å². The summed E-state index contributed by atoms with van der Waals surface area (Å²) in [5.74, 6) is -1.77. The third-order valence-electron chi connectivity index (χ3n) is 7.67. The van der Waals surface area contributed by atoms with Crippen LogP contribution < -0.4 is 21.2 Å². The average Bonchev–Trinajstić information content (AvgIpc) is 3.66. The van der Waals surface area contributed by atoms with Crippen LogP contribution in [0.2, 0.25) is 0 Å². The second kappa shape index (κ2) is 15.4. The number of carbonyl (C=O) groups excluding carboxylic acids is 2. The first-order chi connectivity index (χ1) is 22.6. The molecular weight excluding hydrogens is 647 g/mol. The first-order valence-corrected chi connectivity index (χ1v) is 17.9. The Labute approximate surface area is 279 Å². The Balaban J connectivity index is 1.63. The van der Waals surface area contributed by atoms with Gasteiger partial charge in [-0.15, -0.1) is 0 Å². The highest BCUT2D eigenvalue weighted by Gasteiger charge is 2.49. The molecule has 4 rings (SSSR count). The molecule has 4 atom stereocenters. The number of carbonyl (C=O) groups is 2. The zero-order valence-electron chi connectivity index (χ0n) is 28.6. The first kappa shape index (κ1) is 37.3. The molecule has 0 radical (unpaired) electrons. The molecule has 18 heteroatoms. The van der Waals surface area contributed by atoms with E-state index in [1.165, 1.54) is 17.8 Å². The van der Waals surface area contributed by atoms with E-state index in [0.29, 0.717) is 11.3 Å². The third-order valence-corrected chi connectivity index (χ3v) is 9.47. The number of anilines is 2. The molecule has 268 valence electrons. The quantitative estimate of drug-likeness (QED) is 0.0969. The number of imidazole rings is 1. The SMILES string of the molecule is CCOC(=O)C(CC(C)C)NP(=O)(NC(CC(C)C)C(=O)OCC)OCC1=C(O)C(C)(O)[C@H](n2cnc3c(NC4CC4)nc(N)nc32)O1. The van der Waals surface area contributed by atoms with Crippen molar-refractivity contribution < 1.29 is 43.1 Å². The number of esters is 2. The fourth-order valence-electron chi connectivity index (χ4n) is 5.26. The van der Waals surface area contributed by atoms with E-state index in [4.69, 9.17) is 24.5 Å². The minimum atomic E-state index is -4.33. The maximum Gasteiger partial charge on any atom is 0.342 e. The van der Waals surface area contributed by atoms with Crippen LogP contribution in [-0.4, -0.2) is 85.2 Å². The van der Waals surface area contributed by atoms with Crippen LogP contribution >= 0.6 is 7.67 Å². The number of aliphatic hydroxyl groups is 2. The molecule has 0 amide bonds. The Hall–Kier alpha value is -3.50. The lowest BCUT2D eigenvalue weighted by Gasteiger charge is -2.29. The van der Waals surface area contributed by atoms with Gasteiger partial charge in [-0.25, -0.2) is 15.2 Å². The molecule has 1 saturated carbocycles. The number of nitrogens with zero attached hydrogens (tertiary/aromatic N) is 4. The maximum atomic E-state index is 14.6. The predicted molar refractivity (Wildman–Crippen MR) is 176 cm³/mol. The standard InChI is InChI=1S/C30H49N8O9P/c1-8-44-26(40)19(12-16(3)4)36-48(43,37-20(13-17(5)6)27(41)45-9-2)46-14-21-23(39)30(7,42)28(47-21)38-15-32-22-24(33-18-10-11-18)34-29(31)35-25(22)38/h15-20,28,39,42H,8-14H2,1-7H3,(H2,36,37,43)(H3,31,33,34,35)/t19?,20?,28-,30?,48?/m1/s1. The summed E-state index contributed by atoms with van der Waals surface area (Å²) in [5.41, 5.74) is 4.61. The van der Waals surface area contributed by atoms with Gasteiger partial charge in [0.1, 0.15) is 25.0 Å². The number of nitrogens with one attached hydrogen (secondary N) is 3. The van der Waals surface area contributed by atoms with E-state index < -0.39 is 55.9 Å². The van der Waals surface area contributed by atoms with Crippen molar-refractivity contribution in [3.63, 3.8) is 0 Å². The number of aliphatic hydroxyl groups excluding tert-OH is 1. The van der Waals surface area contributed by atoms with Crippen LogP contribution in [0.1, 0.15) is 80.4 Å². The monoisotopic (exact) mass is 696 g/mol. The van der Waals surface area contributed by atoms with Gasteiger partial charge in [-0.1, -0.05) is 27.7 Å². The number of nitrogens with two attached hydrogens (primary N) is 1. The number of hydrogen-bond acceptors (Lipinski definition) is 14. The van der Waals surface area contributed by atoms with E-state index >= 15 is 0 Å². The number of nitrogen functional groups attached to an aromatic ring is 1. The molecule has 48 heavy (non-hydrogen) atoms. The van der Waals surface area contributed by atoms with Gasteiger partial charge in [0.25, 0.3) is 0 Å². The molecule has 17 nitrogen and oxygen atoms in total. The fraction of sp³-hybridized carbons (Fsp3) is 0.700. The van der Waals surface area contributed by atoms with Gasteiger partial charge in [0.15, 0.2) is 34.1 Å². The Morgan fingerprint density at radius 1 is 1.08 bits per heavy atom. The van der Waals surface area contributed by atoms with E-state index in [-0.39, 0.29) is 61.3 Å². The number of rotatable bonds is 18. The third kappa shape index (κ3) is 8.94. The van der Waals surface area contributed by atoms with Crippen LogP contribution in [0.4, 0.5) is 11.8 Å². The topological polar surface area (TPSA) is 234 Å². The van der Waals surface area contributed by atoms with Gasteiger partial charge in [0, 0.05) is 6.04 Å². The molecular formula is C30H49N8O9P. The molecule has 0 saturated heterocycles. The van der Waals surface area contributed by atoms with Gasteiger partial charge < -0.3 is 35.5 Å². The molecule has 1 aliphatic heterocycles. The molecule has 3 heterocycles. The molecule has 0 spiro atoms. The summed E-state index contributed by atoms with van der Waals surface area (Å²) >= 11 is 0. The fourth-order valence-corrected chi connectivity index (χ4v) is 7.03. The van der Waals surface area contributed by atoms with Gasteiger partial charge in [0.05, 0.1) is 13.2 Å². The van der Waals surface area contributed by atoms with Crippen LogP contribution in [-0.2, 0) is 32.9 Å². The van der Waals surface area contributed by atoms with E-state index in [0.717, 1.165) is 12.8 Å². The largest absolute Gasteiger partial charge is 0.506 e. The summed E-state index contributed by atoms with van der Waals surface area (Å²) in [6, 6.07) is -1.90. The Morgan fingerprint density at radius 2 is 1.65 bits per heavy atom. The highest BCUT2D eigenvalue weighted by molar-refractivity contribution is 7.54. The zero-order valence-corrected chi connectivity index (χ0v) is 29.5. The summed E-state index contributed by atoms with van der Waals surface area (Å²) in [4.78, 5) is 38.8. The summed E-state index contributed by atoms with van der Waals surface area (Å²) in [6.45, 7) is 11.7. The van der Waals surface area contributed by atoms with E-state index in [1.54, 1.807) is 13.8 Å². The first-order valence-electron chi connectivity index (χ1n) is 16.3. The summed E-state index contributed by atoms with van der Waals surface area (Å²) in [5, 5.41) is 31.4. The molecule has 7 N–H and O–H groups in total. The lowest BCUT2D eigenvalue weighted by Crippen LogP contribution is -2.45. The molecule has 0 aromatic carbocycles. The van der Waals surface area contributed by atoms with Gasteiger partial charge >= 0.3 is 19.6 Å². The van der Waals surface area contributed by atoms with Crippen LogP contribution in [0, 0.1) is 11.8 Å². The Kier molecular flexibility index (Phi) is 11.9. The molecule has 0 bridgehead atoms. The normalized spacial score (nSPS) is 22.1. The van der Waals surface area contributed by atoms with Crippen LogP contribution in [0.15, 0.2) is 17.8 Å². The molecule has 2 aliphatic rings. The van der Waals surface area contributed by atoms with Crippen molar-refractivity contribution in [3.8, 4) is 0 Å². The van der Waals surface area contributed by atoms with E-state index in [1.807, 2.05) is 27.7 Å². The predicted octanol–water partition coefficient (Wildman–Crippen LogP) is 3.29. The van der Waals surface area contributed by atoms with E-state index in [9.17, 15) is 24.4 Å². The van der Waals surface area contributed by atoms with Crippen molar-refractivity contribution in [1.29, 1.82) is 0 Å². The van der Waals surface area contributed by atoms with Crippen molar-refractivity contribution in [3.05, 3.63) is 17.8 Å². The molecule has 3 unspecified atom stereocenters. The van der Waals surface area contributed by atoms with Crippen molar-refractivity contribution >= 4 is 42.5 Å². The molecule has 2 aromatic heterocycles. The van der Waals surface area contributed by atoms with Crippen molar-refractivity contribution in [2.75, 3.05) is 30.9 Å². The average molecular weight is 697 g/mol. The smallest absolute Gasteiger partial charge is 0.342 e. The highest BCUT2D eigenvalue weighted by Crippen LogP contribution is 2.46. The molecule has 1 aliphatic carbocycles. The summed E-state index contributed by atoms with van der Waals surface area (Å²) in [7, 11) is -4.33. The Morgan fingerprint density at radius 3 is 2.15 bits per heavy atom. The van der Waals surface area contributed by atoms with Gasteiger partial charge in [-0.05, 0) is 58.3 Å². The Bertz CT molecular complexity index is 1500. The summed E-state index contributed by atoms with van der Waals surface area (Å²) < 4.78 is 38.3. The van der Waals surface area contributed by atoms with Crippen molar-refractivity contribution in [2.45, 2.75) is 104 Å². The van der Waals surface area contributed by atoms with Crippen LogP contribution in [0.25, 0.3) is 11.2 Å². The van der Waals surface area contributed by atoms with Gasteiger partial charge in [0.2, 0.25) is 12.2 Å². The minimum absolute atomic E-state index is 0.0134. The van der Waals surface area contributed by atoms with Gasteiger partial charge in [-0.3, -0.25) is 23.2 Å². The van der Waals surface area contributed by atoms with Crippen molar-refractivity contribution in [2.24, 2.45) is 11.8 Å². The molecule has 2 aromatic rings. The second-order valence-corrected chi connectivity index (χ2v) is 14.9. The number of hydrogen-bond donors (Lipinski definition) is 6. The van der Waals surface area contributed by atoms with Crippen LogP contribution in [0.5, 0.6) is 0 Å². The minimum Gasteiger partial charge on any atom is -0.506 e. The number of aromatic nitrogens is 4. The van der Waals surface area contributed by atoms with E-state index in [2.05, 4.69) is 30.4 Å². The van der Waals surface area contributed by atoms with Gasteiger partial charge in [-0.2, -0.15) is 9.97 Å². The number of ether oxygens (including phenoxy) is 3. The lowest BCUT2D eigenvalue weighted by molar-refractivity contribution is -0.146. The molecule has 1 fully saturated rings. The zero-order chi connectivity index (χ0) is 35.4. The number of fused-ring (bicyclic) bond motifs is 1. The summed E-state index contributed by atoms with van der Waals surface area (Å²) in [6.07, 6.45) is 2.53. The van der Waals surface area contributed by atoms with Crippen molar-refractivity contribution in [1.82, 2.24) is 29.7 Å².